The first kappa shape index (κ1) is 18.9. The molecule has 0 N–H and O–H groups in total. The maximum atomic E-state index is 11.3. The molecule has 1 aromatic rings. The summed E-state index contributed by atoms with van der Waals surface area (Å²) in [5, 5.41) is 0. The van der Waals surface area contributed by atoms with Crippen LogP contribution in [0.2, 0.25) is 0 Å². The number of carbonyl (C=O) groups excluding carboxylic acids is 2. The molecule has 0 radical (unpaired) electrons. The van der Waals surface area contributed by atoms with Crippen LogP contribution in [0.25, 0.3) is 0 Å². The molecular weight excluding hydrogens is 288 g/mol. The Balaban J connectivity index is 2.80. The molecule has 3 nitrogen and oxygen atoms in total. The number of aldehydes is 1. The fourth-order valence-corrected chi connectivity index (χ4v) is 2.36. The molecule has 0 heterocycles. The van der Waals surface area contributed by atoms with Crippen LogP contribution >= 0.6 is 0 Å². The van der Waals surface area contributed by atoms with E-state index in [1.807, 2.05) is 24.3 Å². The number of hydrogen-bond acceptors (Lipinski definition) is 3. The van der Waals surface area contributed by atoms with Gasteiger partial charge in [-0.15, -0.1) is 0 Å². The Bertz CT molecular complexity index is 593. The van der Waals surface area contributed by atoms with E-state index in [2.05, 4.69) is 26.8 Å². The van der Waals surface area contributed by atoms with Gasteiger partial charge in [0.05, 0.1) is 0 Å². The second kappa shape index (κ2) is 9.78. The van der Waals surface area contributed by atoms with Crippen molar-refractivity contribution in [3.63, 3.8) is 0 Å². The largest absolute Gasteiger partial charge is 0.458 e. The van der Waals surface area contributed by atoms with Gasteiger partial charge in [-0.05, 0) is 51.3 Å². The lowest BCUT2D eigenvalue weighted by Crippen LogP contribution is -2.17. The highest BCUT2D eigenvalue weighted by atomic mass is 16.5. The minimum Gasteiger partial charge on any atom is -0.458 e. The molecule has 23 heavy (non-hydrogen) atoms. The summed E-state index contributed by atoms with van der Waals surface area (Å²) >= 11 is 0. The molecule has 0 aliphatic heterocycles. The topological polar surface area (TPSA) is 43.4 Å². The zero-order valence-electron chi connectivity index (χ0n) is 14.5. The lowest BCUT2D eigenvalue weighted by molar-refractivity contribution is -0.144. The Hall–Kier alpha value is -2.16. The summed E-state index contributed by atoms with van der Waals surface area (Å²) in [6, 6.07) is 7.37. The standard InChI is InChI=1S/C20H26O3/c1-15(2)7-5-8-16(3)11-20(23-17(4)22)13-18-9-6-10-19(12-18)14-21/h6-7,9-12,14,20H,5,8,13H2,1-4H3/b16-11+. The van der Waals surface area contributed by atoms with Crippen molar-refractivity contribution in [1.82, 2.24) is 0 Å². The molecule has 1 aromatic carbocycles. The lowest BCUT2D eigenvalue weighted by atomic mass is 10.0. The number of hydrogen-bond donors (Lipinski definition) is 0. The molecular formula is C20H26O3. The van der Waals surface area contributed by atoms with Crippen LogP contribution in [-0.2, 0) is 16.0 Å². The third-order valence-electron chi connectivity index (χ3n) is 3.40. The molecule has 0 saturated heterocycles. The molecule has 0 fully saturated rings. The Morgan fingerprint density at radius 3 is 2.57 bits per heavy atom. The Kier molecular flexibility index (Phi) is 8.03. The van der Waals surface area contributed by atoms with Gasteiger partial charge in [0.2, 0.25) is 0 Å². The molecule has 0 aliphatic carbocycles. The first-order valence-electron chi connectivity index (χ1n) is 7.92. The monoisotopic (exact) mass is 314 g/mol. The number of ether oxygens (including phenoxy) is 1. The molecule has 0 spiro atoms. The van der Waals surface area contributed by atoms with Crippen molar-refractivity contribution < 1.29 is 14.3 Å². The Morgan fingerprint density at radius 2 is 1.96 bits per heavy atom. The van der Waals surface area contributed by atoms with Gasteiger partial charge < -0.3 is 4.74 Å². The number of rotatable bonds is 8. The molecule has 1 unspecified atom stereocenters. The highest BCUT2D eigenvalue weighted by molar-refractivity contribution is 5.74. The van der Waals surface area contributed by atoms with Gasteiger partial charge >= 0.3 is 5.97 Å². The fourth-order valence-electron chi connectivity index (χ4n) is 2.36. The lowest BCUT2D eigenvalue weighted by Gasteiger charge is -2.15. The summed E-state index contributed by atoms with van der Waals surface area (Å²) in [4.78, 5) is 22.2. The van der Waals surface area contributed by atoms with Gasteiger partial charge in [-0.2, -0.15) is 0 Å². The zero-order chi connectivity index (χ0) is 17.2. The van der Waals surface area contributed by atoms with E-state index in [0.717, 1.165) is 24.7 Å². The number of esters is 1. The van der Waals surface area contributed by atoms with Crippen LogP contribution in [-0.4, -0.2) is 18.4 Å². The minimum absolute atomic E-state index is 0.296. The second-order valence-electron chi connectivity index (χ2n) is 6.05. The third kappa shape index (κ3) is 8.15. The minimum atomic E-state index is -0.305. The first-order valence-corrected chi connectivity index (χ1v) is 7.92. The molecule has 0 aromatic heterocycles. The molecule has 0 saturated carbocycles. The van der Waals surface area contributed by atoms with Crippen LogP contribution in [0.15, 0.2) is 47.6 Å². The van der Waals surface area contributed by atoms with Gasteiger partial charge in [-0.3, -0.25) is 9.59 Å². The quantitative estimate of drug-likeness (QED) is 0.398. The summed E-state index contributed by atoms with van der Waals surface area (Å²) < 4.78 is 5.41. The average molecular weight is 314 g/mol. The summed E-state index contributed by atoms with van der Waals surface area (Å²) in [5.41, 5.74) is 4.11. The van der Waals surface area contributed by atoms with Crippen molar-refractivity contribution >= 4 is 12.3 Å². The zero-order valence-corrected chi connectivity index (χ0v) is 14.5. The van der Waals surface area contributed by atoms with Crippen LogP contribution in [0, 0.1) is 0 Å². The van der Waals surface area contributed by atoms with Crippen LogP contribution in [0.3, 0.4) is 0 Å². The van der Waals surface area contributed by atoms with E-state index < -0.39 is 0 Å². The highest BCUT2D eigenvalue weighted by Gasteiger charge is 2.11. The fraction of sp³-hybridized carbons (Fsp3) is 0.400. The smallest absolute Gasteiger partial charge is 0.303 e. The maximum absolute atomic E-state index is 11.3. The molecule has 1 atom stereocenters. The van der Waals surface area contributed by atoms with Crippen LogP contribution < -0.4 is 0 Å². The Morgan fingerprint density at radius 1 is 1.22 bits per heavy atom. The van der Waals surface area contributed by atoms with E-state index in [1.54, 1.807) is 6.07 Å². The van der Waals surface area contributed by atoms with Gasteiger partial charge in [-0.1, -0.05) is 35.4 Å². The van der Waals surface area contributed by atoms with Gasteiger partial charge in [0, 0.05) is 18.9 Å². The average Bonchev–Trinajstić information content (AvgIpc) is 2.46. The van der Waals surface area contributed by atoms with Crippen molar-refractivity contribution in [2.24, 2.45) is 0 Å². The van der Waals surface area contributed by atoms with E-state index in [4.69, 9.17) is 4.74 Å². The van der Waals surface area contributed by atoms with E-state index >= 15 is 0 Å². The molecule has 0 aliphatic rings. The predicted octanol–water partition coefficient (Wildman–Crippen LogP) is 4.67. The maximum Gasteiger partial charge on any atom is 0.303 e. The van der Waals surface area contributed by atoms with Crippen molar-refractivity contribution in [2.45, 2.75) is 53.1 Å². The van der Waals surface area contributed by atoms with Crippen LogP contribution in [0.1, 0.15) is 56.5 Å². The number of carbonyl (C=O) groups is 2. The third-order valence-corrected chi connectivity index (χ3v) is 3.40. The summed E-state index contributed by atoms with van der Waals surface area (Å²) in [6.45, 7) is 7.64. The van der Waals surface area contributed by atoms with Gasteiger partial charge in [-0.25, -0.2) is 0 Å². The second-order valence-corrected chi connectivity index (χ2v) is 6.05. The molecule has 0 bridgehead atoms. The summed E-state index contributed by atoms with van der Waals surface area (Å²) in [6.07, 6.45) is 7.22. The SMILES string of the molecule is CC(=O)OC(/C=C(\C)CCC=C(C)C)Cc1cccc(C=O)c1. The predicted molar refractivity (Wildman–Crippen MR) is 93.5 cm³/mol. The van der Waals surface area contributed by atoms with E-state index in [0.29, 0.717) is 12.0 Å². The van der Waals surface area contributed by atoms with Gasteiger partial charge in [0.25, 0.3) is 0 Å². The molecule has 3 heteroatoms. The van der Waals surface area contributed by atoms with Crippen LogP contribution in [0.4, 0.5) is 0 Å². The number of benzene rings is 1. The van der Waals surface area contributed by atoms with Gasteiger partial charge in [0.1, 0.15) is 12.4 Å². The number of allylic oxidation sites excluding steroid dienone is 3. The summed E-state index contributed by atoms with van der Waals surface area (Å²) in [5.74, 6) is -0.296. The normalized spacial score (nSPS) is 12.4. The summed E-state index contributed by atoms with van der Waals surface area (Å²) in [7, 11) is 0. The van der Waals surface area contributed by atoms with Crippen molar-refractivity contribution in [3.8, 4) is 0 Å². The molecule has 1 rings (SSSR count). The van der Waals surface area contributed by atoms with E-state index in [-0.39, 0.29) is 12.1 Å². The van der Waals surface area contributed by atoms with E-state index in [9.17, 15) is 9.59 Å². The molecule has 124 valence electrons. The Labute approximate surface area is 139 Å². The van der Waals surface area contributed by atoms with Crippen LogP contribution in [0.5, 0.6) is 0 Å². The first-order chi connectivity index (χ1) is 10.9. The van der Waals surface area contributed by atoms with Crippen molar-refractivity contribution in [1.29, 1.82) is 0 Å². The van der Waals surface area contributed by atoms with Gasteiger partial charge in [0.15, 0.2) is 0 Å². The highest BCUT2D eigenvalue weighted by Crippen LogP contribution is 2.14. The van der Waals surface area contributed by atoms with Crippen molar-refractivity contribution in [3.05, 3.63) is 58.7 Å². The van der Waals surface area contributed by atoms with E-state index in [1.165, 1.54) is 18.1 Å². The molecule has 0 amide bonds. The van der Waals surface area contributed by atoms with Crippen molar-refractivity contribution in [2.75, 3.05) is 0 Å².